The van der Waals surface area contributed by atoms with Crippen molar-refractivity contribution in [2.45, 2.75) is 210 Å². The Bertz CT molecular complexity index is 1660. The summed E-state index contributed by atoms with van der Waals surface area (Å²) in [4.78, 5) is 54.4. The smallest absolute Gasteiger partial charge is 0.462 e. The molecule has 7 unspecified atom stereocenters. The summed E-state index contributed by atoms with van der Waals surface area (Å²) in [7, 11) is -10.7. The predicted molar refractivity (Wildman–Crippen MR) is 259 cm³/mol. The van der Waals surface area contributed by atoms with Gasteiger partial charge in [0, 0.05) is 12.8 Å². The molecule has 0 radical (unpaired) electrons. The monoisotopic (exact) mass is 1000 g/mol. The van der Waals surface area contributed by atoms with Gasteiger partial charge in [-0.3, -0.25) is 23.2 Å². The lowest BCUT2D eigenvalue weighted by Crippen LogP contribution is -2.64. The van der Waals surface area contributed by atoms with E-state index in [1.807, 2.05) is 0 Å². The molecule has 19 heteroatoms. The molecule has 68 heavy (non-hydrogen) atoms. The van der Waals surface area contributed by atoms with E-state index in [9.17, 15) is 53.8 Å². The number of hydrogen-bond donors (Lipinski definition) is 7. The van der Waals surface area contributed by atoms with Crippen LogP contribution in [0.5, 0.6) is 0 Å². The highest BCUT2D eigenvalue weighted by molar-refractivity contribution is 7.47. The van der Waals surface area contributed by atoms with Crippen molar-refractivity contribution in [3.05, 3.63) is 72.9 Å². The highest BCUT2D eigenvalue weighted by Crippen LogP contribution is 2.49. The Morgan fingerprint density at radius 2 is 1.07 bits per heavy atom. The second kappa shape index (κ2) is 36.3. The second-order valence-corrected chi connectivity index (χ2v) is 19.8. The summed E-state index contributed by atoms with van der Waals surface area (Å²) < 4.78 is 55.1. The summed E-state index contributed by atoms with van der Waals surface area (Å²) in [5.41, 5.74) is 0. The molecule has 0 amide bonds. The molecule has 2 aliphatic rings. The Balaban J connectivity index is 1.80. The van der Waals surface area contributed by atoms with Crippen LogP contribution in [0.2, 0.25) is 0 Å². The van der Waals surface area contributed by atoms with Gasteiger partial charge in [0.05, 0.1) is 18.8 Å². The van der Waals surface area contributed by atoms with Gasteiger partial charge in [-0.15, -0.1) is 0 Å². The first-order valence-corrected chi connectivity index (χ1v) is 27.6. The molecule has 0 aromatic heterocycles. The predicted octanol–water partition coefficient (Wildman–Crippen LogP) is 8.61. The number of ether oxygens (including phenoxy) is 3. The van der Waals surface area contributed by atoms with Crippen molar-refractivity contribution in [3.63, 3.8) is 0 Å². The molecular formula is C49H82O17P2. The molecule has 0 spiro atoms. The molecule has 0 aromatic carbocycles. The lowest BCUT2D eigenvalue weighted by molar-refractivity contribution is -0.216. The van der Waals surface area contributed by atoms with Gasteiger partial charge in [0.2, 0.25) is 0 Å². The van der Waals surface area contributed by atoms with Crippen molar-refractivity contribution in [1.29, 1.82) is 0 Å². The summed E-state index contributed by atoms with van der Waals surface area (Å²) in [6, 6.07) is 0. The van der Waals surface area contributed by atoms with Crippen molar-refractivity contribution in [1.82, 2.24) is 0 Å². The number of hydrogen-bond acceptors (Lipinski definition) is 14. The van der Waals surface area contributed by atoms with Crippen LogP contribution in [0.25, 0.3) is 0 Å². The van der Waals surface area contributed by atoms with Gasteiger partial charge in [-0.05, 0) is 83.5 Å². The standard InChI is InChI=1S/C49H82O17P2/c1-3-5-7-8-9-10-11-12-13-14-15-16-17-18-19-20-25-28-32-36-43(51)63-39(38-62-68(59,60)66-49-46(54)44(52)45(53)48(47(49)55)65-67(56,57)58)37-61-42(50)35-31-27-24-22-21-23-26-30-34-41-40(64-41)33-29-6-4-2/h5,7,9-10,12-13,15-16,18-19,26,30,39-41,44-49,52-55H,3-4,6,8,11,14,17,20-25,27-29,31-38H2,1-2H3,(H,59,60)(H2,56,57,58)/b7-5-,10-9-,13-12-,16-15-,19-18-,30-26-/t39-,40?,41?,44?,45?,46?,47?,48-,49+/m1/s1. The number of phosphoric acid groups is 2. The zero-order chi connectivity index (χ0) is 50.0. The Kier molecular flexibility index (Phi) is 32.9. The Hall–Kier alpha value is -2.60. The van der Waals surface area contributed by atoms with Gasteiger partial charge < -0.3 is 49.3 Å². The molecule has 0 bridgehead atoms. The van der Waals surface area contributed by atoms with E-state index >= 15 is 0 Å². The van der Waals surface area contributed by atoms with Crippen molar-refractivity contribution in [2.75, 3.05) is 13.2 Å². The van der Waals surface area contributed by atoms with Gasteiger partial charge >= 0.3 is 27.6 Å². The van der Waals surface area contributed by atoms with E-state index in [0.717, 1.165) is 89.9 Å². The molecular weight excluding hydrogens is 922 g/mol. The third kappa shape index (κ3) is 29.6. The normalized spacial score (nSPS) is 24.8. The fraction of sp³-hybridized carbons (Fsp3) is 0.714. The first-order chi connectivity index (χ1) is 32.6. The molecule has 390 valence electrons. The topological polar surface area (TPSA) is 269 Å². The average Bonchev–Trinajstić information content (AvgIpc) is 4.05. The maximum absolute atomic E-state index is 13.0. The zero-order valence-corrected chi connectivity index (χ0v) is 42.0. The van der Waals surface area contributed by atoms with Gasteiger partial charge in [-0.2, -0.15) is 0 Å². The number of esters is 2. The van der Waals surface area contributed by atoms with Crippen LogP contribution in [0.1, 0.15) is 155 Å². The molecule has 0 aromatic rings. The second-order valence-electron chi connectivity index (χ2n) is 17.2. The Morgan fingerprint density at radius 1 is 0.559 bits per heavy atom. The van der Waals surface area contributed by atoms with E-state index in [4.69, 9.17) is 23.3 Å². The van der Waals surface area contributed by atoms with Gasteiger partial charge in [0.25, 0.3) is 0 Å². The molecule has 17 nitrogen and oxygen atoms in total. The van der Waals surface area contributed by atoms with Crippen LogP contribution in [0.3, 0.4) is 0 Å². The number of rotatable bonds is 39. The molecule has 2 rings (SSSR count). The van der Waals surface area contributed by atoms with Crippen LogP contribution in [0.4, 0.5) is 0 Å². The third-order valence-electron chi connectivity index (χ3n) is 11.2. The number of allylic oxidation sites excluding steroid dienone is 11. The molecule has 1 heterocycles. The lowest BCUT2D eigenvalue weighted by Gasteiger charge is -2.43. The summed E-state index contributed by atoms with van der Waals surface area (Å²) >= 11 is 0. The van der Waals surface area contributed by atoms with E-state index in [0.29, 0.717) is 31.5 Å². The summed E-state index contributed by atoms with van der Waals surface area (Å²) in [6.45, 7) is 2.92. The maximum Gasteiger partial charge on any atom is 0.472 e. The summed E-state index contributed by atoms with van der Waals surface area (Å²) in [5, 5.41) is 41.3. The SMILES string of the molecule is CC/C=C\C/C=C\C/C=C\C/C=C\C/C=C\CCCCCC(=O)O[C@H](COC(=O)CCCCCCC/C=C\CC1OC1CCCCC)COP(=O)(O)O[C@H]1C(O)C(O)C(O)[C@@H](OP(=O)(O)O)C1O. The fourth-order valence-corrected chi connectivity index (χ4v) is 8.83. The average molecular weight is 1010 g/mol. The van der Waals surface area contributed by atoms with E-state index in [-0.39, 0.29) is 12.8 Å². The Morgan fingerprint density at radius 3 is 1.66 bits per heavy atom. The minimum atomic E-state index is -5.38. The van der Waals surface area contributed by atoms with Gasteiger partial charge in [0.15, 0.2) is 6.10 Å². The Labute approximate surface area is 404 Å². The summed E-state index contributed by atoms with van der Waals surface area (Å²) in [6.07, 6.45) is 30.2. The van der Waals surface area contributed by atoms with Crippen molar-refractivity contribution < 1.29 is 81.6 Å². The number of unbranched alkanes of at least 4 members (excludes halogenated alkanes) is 10. The molecule has 1 saturated heterocycles. The van der Waals surface area contributed by atoms with Crippen LogP contribution in [-0.2, 0) is 46.5 Å². The summed E-state index contributed by atoms with van der Waals surface area (Å²) in [5.74, 6) is -1.27. The fourth-order valence-electron chi connectivity index (χ4n) is 7.29. The largest absolute Gasteiger partial charge is 0.472 e. The number of aliphatic hydroxyl groups excluding tert-OH is 4. The number of phosphoric ester groups is 2. The lowest BCUT2D eigenvalue weighted by atomic mass is 9.85. The van der Waals surface area contributed by atoms with E-state index < -0.39 is 83.5 Å². The molecule has 1 aliphatic heterocycles. The maximum atomic E-state index is 13.0. The van der Waals surface area contributed by atoms with Crippen LogP contribution < -0.4 is 0 Å². The molecule has 10 atom stereocenters. The van der Waals surface area contributed by atoms with Gasteiger partial charge in [-0.1, -0.05) is 132 Å². The van der Waals surface area contributed by atoms with Crippen LogP contribution in [0.15, 0.2) is 72.9 Å². The minimum absolute atomic E-state index is 0.00462. The molecule has 7 N–H and O–H groups in total. The van der Waals surface area contributed by atoms with E-state index in [1.165, 1.54) is 19.3 Å². The van der Waals surface area contributed by atoms with Crippen molar-refractivity contribution >= 4 is 27.6 Å². The quantitative estimate of drug-likeness (QED) is 0.00998. The van der Waals surface area contributed by atoms with Crippen LogP contribution >= 0.6 is 15.6 Å². The zero-order valence-electron chi connectivity index (χ0n) is 40.2. The molecule has 1 aliphatic carbocycles. The van der Waals surface area contributed by atoms with Crippen LogP contribution in [-0.4, -0.2) is 115 Å². The number of carbonyl (C=O) groups excluding carboxylic acids is 2. The van der Waals surface area contributed by atoms with E-state index in [1.54, 1.807) is 0 Å². The third-order valence-corrected chi connectivity index (χ3v) is 12.7. The van der Waals surface area contributed by atoms with Crippen molar-refractivity contribution in [2.24, 2.45) is 0 Å². The highest BCUT2D eigenvalue weighted by atomic mass is 31.2. The van der Waals surface area contributed by atoms with Crippen molar-refractivity contribution in [3.8, 4) is 0 Å². The molecule has 1 saturated carbocycles. The number of carbonyl (C=O) groups is 2. The highest BCUT2D eigenvalue weighted by Gasteiger charge is 2.54. The van der Waals surface area contributed by atoms with E-state index in [2.05, 4.69) is 91.3 Å². The first kappa shape index (κ1) is 61.5. The van der Waals surface area contributed by atoms with Gasteiger partial charge in [-0.25, -0.2) is 9.13 Å². The number of aliphatic hydroxyl groups is 4. The molecule has 2 fully saturated rings. The van der Waals surface area contributed by atoms with Crippen LogP contribution in [0, 0.1) is 0 Å². The number of epoxide rings is 1. The first-order valence-electron chi connectivity index (χ1n) is 24.6. The minimum Gasteiger partial charge on any atom is -0.462 e. The van der Waals surface area contributed by atoms with Gasteiger partial charge in [0.1, 0.15) is 43.2 Å².